The molecule has 2 N–H and O–H groups in total. The standard InChI is InChI=1S/C22H18F4N4O/c1-12-9-15(23)4-6-17(12)29-11-30(18-7-8-20(27)28-13(18)2)21(31)16-10-14(22(24,25)26)3-5-19(16)29/h3-10H,11H2,1-2H3,(H2,27,28). The van der Waals surface area contributed by atoms with E-state index in [2.05, 4.69) is 4.98 Å². The van der Waals surface area contributed by atoms with Gasteiger partial charge in [-0.1, -0.05) is 0 Å². The van der Waals surface area contributed by atoms with Crippen LogP contribution in [0.15, 0.2) is 48.5 Å². The molecule has 9 heteroatoms. The highest BCUT2D eigenvalue weighted by Crippen LogP contribution is 2.40. The van der Waals surface area contributed by atoms with E-state index in [0.29, 0.717) is 28.3 Å². The molecular weight excluding hydrogens is 412 g/mol. The lowest BCUT2D eigenvalue weighted by atomic mass is 10.0. The van der Waals surface area contributed by atoms with Crippen molar-refractivity contribution in [1.29, 1.82) is 0 Å². The fourth-order valence-electron chi connectivity index (χ4n) is 3.72. The van der Waals surface area contributed by atoms with E-state index in [9.17, 15) is 22.4 Å². The van der Waals surface area contributed by atoms with Gasteiger partial charge in [0.05, 0.1) is 28.2 Å². The lowest BCUT2D eigenvalue weighted by Crippen LogP contribution is -2.45. The van der Waals surface area contributed by atoms with E-state index >= 15 is 0 Å². The summed E-state index contributed by atoms with van der Waals surface area (Å²) < 4.78 is 53.7. The third kappa shape index (κ3) is 3.67. The Labute approximate surface area is 175 Å². The van der Waals surface area contributed by atoms with Gasteiger partial charge in [0, 0.05) is 5.69 Å². The second kappa shape index (κ2) is 7.26. The average molecular weight is 430 g/mol. The van der Waals surface area contributed by atoms with Crippen molar-refractivity contribution >= 4 is 28.8 Å². The summed E-state index contributed by atoms with van der Waals surface area (Å²) in [6.45, 7) is 3.36. The van der Waals surface area contributed by atoms with Crippen LogP contribution in [0.5, 0.6) is 0 Å². The highest BCUT2D eigenvalue weighted by Gasteiger charge is 2.37. The van der Waals surface area contributed by atoms with E-state index in [0.717, 1.165) is 12.1 Å². The van der Waals surface area contributed by atoms with E-state index in [1.807, 2.05) is 0 Å². The van der Waals surface area contributed by atoms with Crippen LogP contribution in [0.2, 0.25) is 0 Å². The van der Waals surface area contributed by atoms with Crippen LogP contribution in [0.3, 0.4) is 0 Å². The molecule has 1 aromatic heterocycles. The van der Waals surface area contributed by atoms with Gasteiger partial charge in [-0.05, 0) is 67.9 Å². The average Bonchev–Trinajstić information content (AvgIpc) is 2.68. The Morgan fingerprint density at radius 1 is 0.935 bits per heavy atom. The van der Waals surface area contributed by atoms with Crippen LogP contribution < -0.4 is 15.5 Å². The minimum Gasteiger partial charge on any atom is -0.384 e. The van der Waals surface area contributed by atoms with Crippen molar-refractivity contribution in [2.45, 2.75) is 20.0 Å². The number of aryl methyl sites for hydroxylation is 2. The van der Waals surface area contributed by atoms with Crippen LogP contribution in [-0.4, -0.2) is 17.6 Å². The summed E-state index contributed by atoms with van der Waals surface area (Å²) in [7, 11) is 0. The van der Waals surface area contributed by atoms with Gasteiger partial charge in [-0.15, -0.1) is 0 Å². The van der Waals surface area contributed by atoms with E-state index < -0.39 is 23.5 Å². The molecule has 1 aliphatic rings. The summed E-state index contributed by atoms with van der Waals surface area (Å²) >= 11 is 0. The summed E-state index contributed by atoms with van der Waals surface area (Å²) in [5.74, 6) is -0.763. The number of nitrogens with two attached hydrogens (primary N) is 1. The molecule has 3 aromatic rings. The number of aromatic nitrogens is 1. The number of halogens is 4. The van der Waals surface area contributed by atoms with Crippen molar-refractivity contribution in [2.75, 3.05) is 22.2 Å². The van der Waals surface area contributed by atoms with Crippen LogP contribution in [0.4, 0.5) is 40.4 Å². The fourth-order valence-corrected chi connectivity index (χ4v) is 3.72. The molecule has 5 nitrogen and oxygen atoms in total. The Bertz CT molecular complexity index is 1190. The van der Waals surface area contributed by atoms with Gasteiger partial charge < -0.3 is 10.6 Å². The van der Waals surface area contributed by atoms with E-state index in [1.54, 1.807) is 24.8 Å². The largest absolute Gasteiger partial charge is 0.416 e. The number of carbonyl (C=O) groups excluding carboxylic acids is 1. The van der Waals surface area contributed by atoms with Crippen LogP contribution in [-0.2, 0) is 6.18 Å². The molecule has 160 valence electrons. The van der Waals surface area contributed by atoms with Gasteiger partial charge in [0.25, 0.3) is 5.91 Å². The molecule has 0 radical (unpaired) electrons. The zero-order valence-corrected chi connectivity index (χ0v) is 16.7. The van der Waals surface area contributed by atoms with Crippen molar-refractivity contribution in [3.8, 4) is 0 Å². The van der Waals surface area contributed by atoms with Crippen LogP contribution in [0, 0.1) is 19.7 Å². The molecule has 1 amide bonds. The summed E-state index contributed by atoms with van der Waals surface area (Å²) in [5, 5.41) is 0. The lowest BCUT2D eigenvalue weighted by molar-refractivity contribution is -0.137. The van der Waals surface area contributed by atoms with Gasteiger partial charge in [-0.2, -0.15) is 13.2 Å². The normalized spacial score (nSPS) is 14.1. The molecule has 0 unspecified atom stereocenters. The quantitative estimate of drug-likeness (QED) is 0.568. The monoisotopic (exact) mass is 430 g/mol. The third-order valence-electron chi connectivity index (χ3n) is 5.19. The minimum atomic E-state index is -4.60. The van der Waals surface area contributed by atoms with Crippen molar-refractivity contribution < 1.29 is 22.4 Å². The molecule has 0 atom stereocenters. The first-order chi connectivity index (χ1) is 14.6. The number of benzene rings is 2. The summed E-state index contributed by atoms with van der Waals surface area (Å²) in [5.41, 5.74) is 7.00. The summed E-state index contributed by atoms with van der Waals surface area (Å²) in [4.78, 5) is 20.4. The fraction of sp³-hybridized carbons (Fsp3) is 0.182. The Morgan fingerprint density at radius 2 is 1.61 bits per heavy atom. The summed E-state index contributed by atoms with van der Waals surface area (Å²) in [6.07, 6.45) is -4.60. The lowest BCUT2D eigenvalue weighted by Gasteiger charge is -2.39. The SMILES string of the molecule is Cc1cc(F)ccc1N1CN(c2ccc(N)nc2C)C(=O)c2cc(C(F)(F)F)ccc21. The van der Waals surface area contributed by atoms with E-state index in [4.69, 9.17) is 5.73 Å². The number of hydrogen-bond donors (Lipinski definition) is 1. The van der Waals surface area contributed by atoms with E-state index in [1.165, 1.54) is 35.2 Å². The number of alkyl halides is 3. The first-order valence-corrected chi connectivity index (χ1v) is 9.36. The Kier molecular flexibility index (Phi) is 4.83. The zero-order valence-electron chi connectivity index (χ0n) is 16.7. The van der Waals surface area contributed by atoms with Crippen LogP contribution in [0.25, 0.3) is 0 Å². The van der Waals surface area contributed by atoms with Gasteiger partial charge in [-0.25, -0.2) is 9.37 Å². The number of nitrogens with zero attached hydrogens (tertiary/aromatic N) is 3. The zero-order chi connectivity index (χ0) is 22.5. The number of fused-ring (bicyclic) bond motifs is 1. The van der Waals surface area contributed by atoms with Gasteiger partial charge >= 0.3 is 6.18 Å². The smallest absolute Gasteiger partial charge is 0.384 e. The highest BCUT2D eigenvalue weighted by molar-refractivity contribution is 6.13. The molecule has 0 aliphatic carbocycles. The number of anilines is 4. The van der Waals surface area contributed by atoms with Crippen molar-refractivity contribution in [1.82, 2.24) is 4.98 Å². The summed E-state index contributed by atoms with van der Waals surface area (Å²) in [6, 6.07) is 10.3. The van der Waals surface area contributed by atoms with E-state index in [-0.39, 0.29) is 18.1 Å². The predicted octanol–water partition coefficient (Wildman–Crippen LogP) is 5.19. The molecule has 1 aliphatic heterocycles. The maximum atomic E-state index is 13.7. The molecule has 0 saturated heterocycles. The van der Waals surface area contributed by atoms with Crippen molar-refractivity contribution in [3.63, 3.8) is 0 Å². The number of hydrogen-bond acceptors (Lipinski definition) is 4. The topological polar surface area (TPSA) is 62.5 Å². The molecule has 0 bridgehead atoms. The Morgan fingerprint density at radius 3 is 2.26 bits per heavy atom. The van der Waals surface area contributed by atoms with Gasteiger partial charge in [0.2, 0.25) is 0 Å². The van der Waals surface area contributed by atoms with Gasteiger partial charge in [0.1, 0.15) is 18.3 Å². The van der Waals surface area contributed by atoms with Crippen molar-refractivity contribution in [3.05, 3.63) is 76.7 Å². The molecular formula is C22H18F4N4O. The maximum absolute atomic E-state index is 13.7. The number of rotatable bonds is 2. The highest BCUT2D eigenvalue weighted by atomic mass is 19.4. The number of carbonyl (C=O) groups is 1. The van der Waals surface area contributed by atoms with Crippen LogP contribution in [0.1, 0.15) is 27.2 Å². The number of nitrogen functional groups attached to an aromatic ring is 1. The second-order valence-corrected chi connectivity index (χ2v) is 7.30. The van der Waals surface area contributed by atoms with Gasteiger partial charge in [0.15, 0.2) is 0 Å². The second-order valence-electron chi connectivity index (χ2n) is 7.30. The molecule has 4 rings (SSSR count). The van der Waals surface area contributed by atoms with Crippen molar-refractivity contribution in [2.24, 2.45) is 0 Å². The van der Waals surface area contributed by atoms with Gasteiger partial charge in [-0.3, -0.25) is 9.69 Å². The Hall–Kier alpha value is -3.62. The predicted molar refractivity (Wildman–Crippen MR) is 110 cm³/mol. The molecule has 0 fully saturated rings. The Balaban J connectivity index is 1.92. The molecule has 2 aromatic carbocycles. The minimum absolute atomic E-state index is 0.0100. The van der Waals surface area contributed by atoms with Crippen LogP contribution >= 0.6 is 0 Å². The number of pyridine rings is 1. The molecule has 31 heavy (non-hydrogen) atoms. The third-order valence-corrected chi connectivity index (χ3v) is 5.19. The first-order valence-electron chi connectivity index (χ1n) is 9.36. The first kappa shape index (κ1) is 20.6. The number of amides is 1. The molecule has 2 heterocycles. The molecule has 0 saturated carbocycles. The molecule has 0 spiro atoms. The maximum Gasteiger partial charge on any atom is 0.416 e.